The second-order valence-electron chi connectivity index (χ2n) is 5.15. The summed E-state index contributed by atoms with van der Waals surface area (Å²) in [4.78, 5) is 8.42. The fraction of sp³-hybridized carbons (Fsp3) is 0.786. The molecule has 4 nitrogen and oxygen atoms in total. The number of nitrogens with one attached hydrogen (secondary N) is 1. The summed E-state index contributed by atoms with van der Waals surface area (Å²) in [6.07, 6.45) is 1.22. The molecule has 1 saturated heterocycles. The van der Waals surface area contributed by atoms with Gasteiger partial charge in [0, 0.05) is 30.4 Å². The second kappa shape index (κ2) is 6.79. The predicted molar refractivity (Wildman–Crippen MR) is 80.0 cm³/mol. The maximum Gasteiger partial charge on any atom is 0.0947 e. The van der Waals surface area contributed by atoms with Crippen molar-refractivity contribution in [2.75, 3.05) is 33.3 Å². The zero-order chi connectivity index (χ0) is 13.8. The minimum atomic E-state index is 0.267. The largest absolute Gasteiger partial charge is 0.374 e. The molecule has 1 N–H and O–H groups in total. The van der Waals surface area contributed by atoms with Gasteiger partial charge in [0.1, 0.15) is 0 Å². The first-order valence-corrected chi connectivity index (χ1v) is 7.89. The highest BCUT2D eigenvalue weighted by atomic mass is 32.1. The van der Waals surface area contributed by atoms with E-state index in [0.29, 0.717) is 6.04 Å². The third kappa shape index (κ3) is 3.75. The van der Waals surface area contributed by atoms with Crippen LogP contribution in [-0.2, 0) is 11.2 Å². The van der Waals surface area contributed by atoms with Crippen LogP contribution < -0.4 is 5.32 Å². The highest BCUT2D eigenvalue weighted by Gasteiger charge is 2.27. The third-order valence-electron chi connectivity index (χ3n) is 3.91. The molecule has 0 spiro atoms. The van der Waals surface area contributed by atoms with Crippen molar-refractivity contribution in [3.05, 3.63) is 15.6 Å². The first-order valence-electron chi connectivity index (χ1n) is 7.08. The molecule has 0 bridgehead atoms. The van der Waals surface area contributed by atoms with Crippen molar-refractivity contribution in [1.82, 2.24) is 15.2 Å². The van der Waals surface area contributed by atoms with E-state index in [2.05, 4.69) is 36.0 Å². The molecular formula is C14H25N3OS. The van der Waals surface area contributed by atoms with Crippen LogP contribution in [0.4, 0.5) is 0 Å². The number of nitrogens with zero attached hydrogens (tertiary/aromatic N) is 2. The zero-order valence-corrected chi connectivity index (χ0v) is 13.2. The van der Waals surface area contributed by atoms with E-state index in [-0.39, 0.29) is 6.10 Å². The van der Waals surface area contributed by atoms with Crippen LogP contribution in [0.15, 0.2) is 0 Å². The van der Waals surface area contributed by atoms with Gasteiger partial charge in [0.2, 0.25) is 0 Å². The Balaban J connectivity index is 1.99. The summed E-state index contributed by atoms with van der Waals surface area (Å²) in [5.74, 6) is 0. The average molecular weight is 283 g/mol. The number of hydrogen-bond acceptors (Lipinski definition) is 5. The summed E-state index contributed by atoms with van der Waals surface area (Å²) in [7, 11) is 2.02. The van der Waals surface area contributed by atoms with Gasteiger partial charge in [-0.2, -0.15) is 0 Å². The topological polar surface area (TPSA) is 37.4 Å². The first kappa shape index (κ1) is 14.9. The molecule has 1 aromatic heterocycles. The van der Waals surface area contributed by atoms with Crippen molar-refractivity contribution in [2.24, 2.45) is 0 Å². The van der Waals surface area contributed by atoms with Crippen LogP contribution in [0, 0.1) is 13.8 Å². The number of morpholine rings is 1. The molecule has 0 saturated carbocycles. The van der Waals surface area contributed by atoms with E-state index in [1.165, 1.54) is 9.88 Å². The molecule has 0 radical (unpaired) electrons. The standard InChI is InChI=1S/C14H25N3OS/c1-5-17-6-7-18-13(9-17)12(15-4)8-14-16-10(2)11(3)19-14/h12-13,15H,5-9H2,1-4H3. The Morgan fingerprint density at radius 1 is 1.53 bits per heavy atom. The monoisotopic (exact) mass is 283 g/mol. The summed E-state index contributed by atoms with van der Waals surface area (Å²) in [6, 6.07) is 0.347. The molecule has 2 heterocycles. The maximum absolute atomic E-state index is 5.94. The Hall–Kier alpha value is -0.490. The van der Waals surface area contributed by atoms with Gasteiger partial charge in [-0.25, -0.2) is 4.98 Å². The van der Waals surface area contributed by atoms with Crippen molar-refractivity contribution >= 4 is 11.3 Å². The quantitative estimate of drug-likeness (QED) is 0.891. The molecule has 0 amide bonds. The summed E-state index contributed by atoms with van der Waals surface area (Å²) < 4.78 is 5.94. The highest BCUT2D eigenvalue weighted by molar-refractivity contribution is 7.11. The van der Waals surface area contributed by atoms with Crippen LogP contribution in [0.5, 0.6) is 0 Å². The number of rotatable bonds is 5. The second-order valence-corrected chi connectivity index (χ2v) is 6.44. The Kier molecular flexibility index (Phi) is 5.33. The van der Waals surface area contributed by atoms with Crippen molar-refractivity contribution in [1.29, 1.82) is 0 Å². The van der Waals surface area contributed by atoms with E-state index < -0.39 is 0 Å². The molecule has 0 aromatic carbocycles. The summed E-state index contributed by atoms with van der Waals surface area (Å²) in [5, 5.41) is 4.62. The van der Waals surface area contributed by atoms with Gasteiger partial charge in [-0.3, -0.25) is 4.90 Å². The fourth-order valence-electron chi connectivity index (χ4n) is 2.50. The number of hydrogen-bond donors (Lipinski definition) is 1. The molecule has 2 unspecified atom stereocenters. The number of ether oxygens (including phenoxy) is 1. The Labute approximate surface area is 120 Å². The molecule has 19 heavy (non-hydrogen) atoms. The molecule has 1 aliphatic rings. The summed E-state index contributed by atoms with van der Waals surface area (Å²) in [6.45, 7) is 10.5. The van der Waals surface area contributed by atoms with Gasteiger partial charge in [0.25, 0.3) is 0 Å². The molecule has 1 aromatic rings. The smallest absolute Gasteiger partial charge is 0.0947 e. The molecular weight excluding hydrogens is 258 g/mol. The van der Waals surface area contributed by atoms with E-state index in [4.69, 9.17) is 4.74 Å². The molecule has 1 aliphatic heterocycles. The lowest BCUT2D eigenvalue weighted by molar-refractivity contribution is -0.0436. The van der Waals surface area contributed by atoms with Gasteiger partial charge in [0.05, 0.1) is 23.4 Å². The molecule has 5 heteroatoms. The minimum absolute atomic E-state index is 0.267. The maximum atomic E-state index is 5.94. The van der Waals surface area contributed by atoms with E-state index in [1.54, 1.807) is 0 Å². The van der Waals surface area contributed by atoms with Crippen molar-refractivity contribution in [3.63, 3.8) is 0 Å². The van der Waals surface area contributed by atoms with Gasteiger partial charge >= 0.3 is 0 Å². The molecule has 1 fully saturated rings. The predicted octanol–water partition coefficient (Wildman–Crippen LogP) is 1.61. The van der Waals surface area contributed by atoms with E-state index in [9.17, 15) is 0 Å². The first-order chi connectivity index (χ1) is 9.13. The van der Waals surface area contributed by atoms with E-state index in [1.807, 2.05) is 18.4 Å². The van der Waals surface area contributed by atoms with Gasteiger partial charge in [-0.1, -0.05) is 6.92 Å². The van der Waals surface area contributed by atoms with Crippen LogP contribution in [-0.4, -0.2) is 55.3 Å². The number of aromatic nitrogens is 1. The lowest BCUT2D eigenvalue weighted by Gasteiger charge is -2.36. The SMILES string of the molecule is CCN1CCOC(C(Cc2nc(C)c(C)s2)NC)C1. The van der Waals surface area contributed by atoms with Crippen LogP contribution in [0.2, 0.25) is 0 Å². The van der Waals surface area contributed by atoms with Gasteiger partial charge in [-0.15, -0.1) is 11.3 Å². The Bertz CT molecular complexity index is 388. The Morgan fingerprint density at radius 2 is 2.32 bits per heavy atom. The number of thiazole rings is 1. The zero-order valence-electron chi connectivity index (χ0n) is 12.4. The molecule has 2 rings (SSSR count). The summed E-state index contributed by atoms with van der Waals surface area (Å²) >= 11 is 1.81. The van der Waals surface area contributed by atoms with Crippen molar-refractivity contribution < 1.29 is 4.74 Å². The van der Waals surface area contributed by atoms with Gasteiger partial charge in [-0.05, 0) is 27.4 Å². The van der Waals surface area contributed by atoms with E-state index in [0.717, 1.165) is 38.4 Å². The lowest BCUT2D eigenvalue weighted by atomic mass is 10.1. The third-order valence-corrected chi connectivity index (χ3v) is 5.01. The van der Waals surface area contributed by atoms with Gasteiger partial charge in [0.15, 0.2) is 0 Å². The Morgan fingerprint density at radius 3 is 2.89 bits per heavy atom. The number of likely N-dealkylation sites (N-methyl/N-ethyl adjacent to an activating group) is 2. The number of aryl methyl sites for hydroxylation is 2. The fourth-order valence-corrected chi connectivity index (χ4v) is 3.49. The summed E-state index contributed by atoms with van der Waals surface area (Å²) in [5.41, 5.74) is 1.16. The molecule has 2 atom stereocenters. The van der Waals surface area contributed by atoms with Gasteiger partial charge < -0.3 is 10.1 Å². The van der Waals surface area contributed by atoms with Crippen LogP contribution in [0.25, 0.3) is 0 Å². The molecule has 108 valence electrons. The van der Waals surface area contributed by atoms with Crippen LogP contribution in [0.1, 0.15) is 22.5 Å². The van der Waals surface area contributed by atoms with Crippen LogP contribution in [0.3, 0.4) is 0 Å². The van der Waals surface area contributed by atoms with E-state index >= 15 is 0 Å². The highest BCUT2D eigenvalue weighted by Crippen LogP contribution is 2.20. The normalized spacial score (nSPS) is 22.6. The van der Waals surface area contributed by atoms with Crippen molar-refractivity contribution in [3.8, 4) is 0 Å². The molecule has 0 aliphatic carbocycles. The minimum Gasteiger partial charge on any atom is -0.374 e. The van der Waals surface area contributed by atoms with Crippen LogP contribution >= 0.6 is 11.3 Å². The van der Waals surface area contributed by atoms with Crippen molar-refractivity contribution in [2.45, 2.75) is 39.3 Å². The average Bonchev–Trinajstić information content (AvgIpc) is 2.75. The lowest BCUT2D eigenvalue weighted by Crippen LogP contribution is -2.52.